The second-order valence-electron chi connectivity index (χ2n) is 5.96. The standard InChI is InChI=1S/C16H21NO5S/c18-14(19)8-22-13-5-6-21-7-12(13)17-16(20)15-11-4-2-1-3-10(11)9-23-15/h9,12-13H,1-8H2,(H,17,20)(H,18,19)/t12-,13+/m0/s1. The molecule has 6 nitrogen and oxygen atoms in total. The Morgan fingerprint density at radius 1 is 1.39 bits per heavy atom. The summed E-state index contributed by atoms with van der Waals surface area (Å²) in [6.45, 7) is 0.514. The number of rotatable bonds is 5. The number of fused-ring (bicyclic) bond motifs is 1. The van der Waals surface area contributed by atoms with Gasteiger partial charge in [-0.15, -0.1) is 11.3 Å². The lowest BCUT2D eigenvalue weighted by Gasteiger charge is -2.31. The zero-order valence-electron chi connectivity index (χ0n) is 12.9. The van der Waals surface area contributed by atoms with Crippen LogP contribution in [0.3, 0.4) is 0 Å². The van der Waals surface area contributed by atoms with Gasteiger partial charge < -0.3 is 19.9 Å². The highest BCUT2D eigenvalue weighted by Gasteiger charge is 2.30. The second kappa shape index (κ2) is 7.42. The minimum absolute atomic E-state index is 0.0995. The average Bonchev–Trinajstić information content (AvgIpc) is 2.98. The van der Waals surface area contributed by atoms with Crippen molar-refractivity contribution in [3.05, 3.63) is 21.4 Å². The van der Waals surface area contributed by atoms with Crippen molar-refractivity contribution < 1.29 is 24.2 Å². The number of carboxylic acids is 1. The van der Waals surface area contributed by atoms with Gasteiger partial charge in [-0.25, -0.2) is 4.79 Å². The summed E-state index contributed by atoms with van der Waals surface area (Å²) in [7, 11) is 0. The minimum atomic E-state index is -1.01. The van der Waals surface area contributed by atoms with Crippen molar-refractivity contribution in [3.63, 3.8) is 0 Å². The quantitative estimate of drug-likeness (QED) is 0.851. The molecule has 0 radical (unpaired) electrons. The van der Waals surface area contributed by atoms with E-state index >= 15 is 0 Å². The fraction of sp³-hybridized carbons (Fsp3) is 0.625. The van der Waals surface area contributed by atoms with Crippen LogP contribution in [0, 0.1) is 0 Å². The lowest BCUT2D eigenvalue weighted by molar-refractivity contribution is -0.147. The van der Waals surface area contributed by atoms with E-state index in [1.54, 1.807) is 0 Å². The van der Waals surface area contributed by atoms with Gasteiger partial charge in [0.1, 0.15) is 6.61 Å². The van der Waals surface area contributed by atoms with E-state index < -0.39 is 5.97 Å². The summed E-state index contributed by atoms with van der Waals surface area (Å²) in [5.41, 5.74) is 2.48. The van der Waals surface area contributed by atoms with Gasteiger partial charge in [-0.2, -0.15) is 0 Å². The van der Waals surface area contributed by atoms with Gasteiger partial charge in [-0.05, 0) is 48.6 Å². The zero-order chi connectivity index (χ0) is 16.2. The number of carboxylic acid groups (broad SMARTS) is 1. The van der Waals surface area contributed by atoms with Crippen LogP contribution in [0.4, 0.5) is 0 Å². The van der Waals surface area contributed by atoms with Gasteiger partial charge in [0.2, 0.25) is 0 Å². The Labute approximate surface area is 138 Å². The lowest BCUT2D eigenvalue weighted by Crippen LogP contribution is -2.51. The molecule has 1 saturated heterocycles. The van der Waals surface area contributed by atoms with Crippen molar-refractivity contribution in [2.75, 3.05) is 19.8 Å². The first-order chi connectivity index (χ1) is 11.1. The maximum absolute atomic E-state index is 12.6. The summed E-state index contributed by atoms with van der Waals surface area (Å²) in [6, 6.07) is -0.308. The molecule has 1 aromatic heterocycles. The number of aliphatic carboxylic acids is 1. The van der Waals surface area contributed by atoms with Crippen LogP contribution in [0.25, 0.3) is 0 Å². The minimum Gasteiger partial charge on any atom is -0.480 e. The molecule has 0 spiro atoms. The molecule has 3 rings (SSSR count). The zero-order valence-corrected chi connectivity index (χ0v) is 13.7. The van der Waals surface area contributed by atoms with Crippen LogP contribution in [0.2, 0.25) is 0 Å². The van der Waals surface area contributed by atoms with Gasteiger partial charge in [-0.1, -0.05) is 0 Å². The molecule has 0 aromatic carbocycles. The summed E-state index contributed by atoms with van der Waals surface area (Å²) in [6.07, 6.45) is 4.59. The van der Waals surface area contributed by atoms with Gasteiger partial charge in [0.25, 0.3) is 5.91 Å². The van der Waals surface area contributed by atoms with Gasteiger partial charge in [0.05, 0.1) is 23.6 Å². The second-order valence-corrected chi connectivity index (χ2v) is 6.84. The summed E-state index contributed by atoms with van der Waals surface area (Å²) in [5.74, 6) is -1.11. The SMILES string of the molecule is O=C(O)CO[C@@H]1CCOC[C@@H]1NC(=O)c1scc2c1CCCC2. The third kappa shape index (κ3) is 3.91. The van der Waals surface area contributed by atoms with Crippen molar-refractivity contribution in [2.45, 2.75) is 44.2 Å². The van der Waals surface area contributed by atoms with E-state index in [-0.39, 0.29) is 24.7 Å². The summed E-state index contributed by atoms with van der Waals surface area (Å²) >= 11 is 1.49. The first-order valence-corrected chi connectivity index (χ1v) is 8.84. The molecule has 2 atom stereocenters. The smallest absolute Gasteiger partial charge is 0.329 e. The molecular formula is C16H21NO5S. The summed E-state index contributed by atoms with van der Waals surface area (Å²) in [5, 5.41) is 13.8. The number of aryl methyl sites for hydroxylation is 1. The van der Waals surface area contributed by atoms with E-state index in [0.29, 0.717) is 19.6 Å². The molecule has 1 aromatic rings. The molecular weight excluding hydrogens is 318 g/mol. The number of thiophene rings is 1. The van der Waals surface area contributed by atoms with Gasteiger partial charge >= 0.3 is 5.97 Å². The fourth-order valence-electron chi connectivity index (χ4n) is 3.17. The maximum Gasteiger partial charge on any atom is 0.329 e. The molecule has 1 aliphatic heterocycles. The van der Waals surface area contributed by atoms with E-state index in [0.717, 1.165) is 24.1 Å². The van der Waals surface area contributed by atoms with Gasteiger partial charge in [0, 0.05) is 6.61 Å². The Morgan fingerprint density at radius 2 is 2.22 bits per heavy atom. The number of hydrogen-bond donors (Lipinski definition) is 2. The molecule has 7 heteroatoms. The summed E-state index contributed by atoms with van der Waals surface area (Å²) < 4.78 is 10.8. The topological polar surface area (TPSA) is 84.9 Å². The van der Waals surface area contributed by atoms with Crippen molar-refractivity contribution in [1.82, 2.24) is 5.32 Å². The van der Waals surface area contributed by atoms with E-state index in [1.165, 1.54) is 28.9 Å². The van der Waals surface area contributed by atoms with E-state index in [9.17, 15) is 9.59 Å². The van der Waals surface area contributed by atoms with Crippen molar-refractivity contribution in [3.8, 4) is 0 Å². The number of nitrogens with one attached hydrogen (secondary N) is 1. The Kier molecular flexibility index (Phi) is 5.30. The molecule has 2 N–H and O–H groups in total. The Balaban J connectivity index is 1.65. The fourth-order valence-corrected chi connectivity index (χ4v) is 4.24. The molecule has 126 valence electrons. The monoisotopic (exact) mass is 339 g/mol. The number of carbonyl (C=O) groups excluding carboxylic acids is 1. The van der Waals surface area contributed by atoms with Crippen LogP contribution in [-0.4, -0.2) is 48.9 Å². The van der Waals surface area contributed by atoms with E-state index in [4.69, 9.17) is 14.6 Å². The van der Waals surface area contributed by atoms with Gasteiger partial charge in [0.15, 0.2) is 0 Å². The van der Waals surface area contributed by atoms with Crippen molar-refractivity contribution >= 4 is 23.2 Å². The summed E-state index contributed by atoms with van der Waals surface area (Å²) in [4.78, 5) is 24.1. The maximum atomic E-state index is 12.6. The van der Waals surface area contributed by atoms with Crippen LogP contribution >= 0.6 is 11.3 Å². The lowest BCUT2D eigenvalue weighted by atomic mass is 9.93. The normalized spacial score (nSPS) is 24.0. The molecule has 0 saturated carbocycles. The van der Waals surface area contributed by atoms with Crippen LogP contribution in [0.15, 0.2) is 5.38 Å². The van der Waals surface area contributed by atoms with Crippen LogP contribution in [-0.2, 0) is 27.1 Å². The number of carbonyl (C=O) groups is 2. The Bertz CT molecular complexity index is 585. The highest BCUT2D eigenvalue weighted by molar-refractivity contribution is 7.12. The molecule has 1 fully saturated rings. The Morgan fingerprint density at radius 3 is 3.04 bits per heavy atom. The average molecular weight is 339 g/mol. The molecule has 23 heavy (non-hydrogen) atoms. The largest absolute Gasteiger partial charge is 0.480 e. The third-order valence-corrected chi connectivity index (χ3v) is 5.41. The molecule has 0 bridgehead atoms. The van der Waals surface area contributed by atoms with Crippen molar-refractivity contribution in [1.29, 1.82) is 0 Å². The molecule has 2 aliphatic rings. The third-order valence-electron chi connectivity index (χ3n) is 4.34. The highest BCUT2D eigenvalue weighted by atomic mass is 32.1. The van der Waals surface area contributed by atoms with Gasteiger partial charge in [-0.3, -0.25) is 4.79 Å². The number of hydrogen-bond acceptors (Lipinski definition) is 5. The molecule has 0 unspecified atom stereocenters. The predicted octanol–water partition coefficient (Wildman–Crippen LogP) is 1.62. The van der Waals surface area contributed by atoms with Crippen LogP contribution in [0.1, 0.15) is 40.1 Å². The highest BCUT2D eigenvalue weighted by Crippen LogP contribution is 2.30. The first-order valence-electron chi connectivity index (χ1n) is 7.96. The Hall–Kier alpha value is -1.44. The molecule has 1 aliphatic carbocycles. The number of amides is 1. The van der Waals surface area contributed by atoms with Crippen LogP contribution < -0.4 is 5.32 Å². The molecule has 1 amide bonds. The van der Waals surface area contributed by atoms with Crippen molar-refractivity contribution in [2.24, 2.45) is 0 Å². The van der Waals surface area contributed by atoms with E-state index in [1.807, 2.05) is 0 Å². The van der Waals surface area contributed by atoms with Crippen LogP contribution in [0.5, 0.6) is 0 Å². The number of ether oxygens (including phenoxy) is 2. The molecule has 2 heterocycles. The predicted molar refractivity (Wildman–Crippen MR) is 85.0 cm³/mol. The first kappa shape index (κ1) is 16.4. The van der Waals surface area contributed by atoms with E-state index in [2.05, 4.69) is 10.7 Å².